The van der Waals surface area contributed by atoms with Gasteiger partial charge in [0.15, 0.2) is 5.82 Å². The molecular weight excluding hydrogens is 288 g/mol. The summed E-state index contributed by atoms with van der Waals surface area (Å²) in [5.41, 5.74) is 2.13. The molecule has 0 unspecified atom stereocenters. The summed E-state index contributed by atoms with van der Waals surface area (Å²) in [6, 6.07) is 7.93. The molecule has 2 aliphatic rings. The lowest BCUT2D eigenvalue weighted by Crippen LogP contribution is -2.44. The van der Waals surface area contributed by atoms with Crippen LogP contribution in [0.25, 0.3) is 11.0 Å². The fourth-order valence-corrected chi connectivity index (χ4v) is 4.33. The van der Waals surface area contributed by atoms with E-state index in [1.165, 1.54) is 12.8 Å². The van der Waals surface area contributed by atoms with Crippen molar-refractivity contribution in [2.75, 3.05) is 31.6 Å². The van der Waals surface area contributed by atoms with Gasteiger partial charge in [0, 0.05) is 25.2 Å². The van der Waals surface area contributed by atoms with Crippen molar-refractivity contribution < 1.29 is 0 Å². The quantitative estimate of drug-likeness (QED) is 0.851. The molecule has 1 atom stereocenters. The van der Waals surface area contributed by atoms with Crippen LogP contribution in [0.4, 0.5) is 5.82 Å². The topological polar surface area (TPSA) is 41.4 Å². The fourth-order valence-electron chi connectivity index (χ4n) is 4.33. The summed E-state index contributed by atoms with van der Waals surface area (Å²) < 4.78 is 1.85. The molecule has 122 valence electrons. The van der Waals surface area contributed by atoms with E-state index in [9.17, 15) is 4.79 Å². The molecule has 5 nitrogen and oxygen atoms in total. The number of hydrogen-bond acceptors (Lipinski definition) is 4. The van der Waals surface area contributed by atoms with E-state index in [2.05, 4.69) is 16.8 Å². The van der Waals surface area contributed by atoms with Crippen LogP contribution < -0.4 is 10.5 Å². The number of likely N-dealkylation sites (N-methyl/N-ethyl adjacent to an activating group) is 1. The van der Waals surface area contributed by atoms with Gasteiger partial charge in [-0.2, -0.15) is 0 Å². The number of fused-ring (bicyclic) bond motifs is 1. The van der Waals surface area contributed by atoms with Gasteiger partial charge in [-0.15, -0.1) is 0 Å². The second-order valence-corrected chi connectivity index (χ2v) is 6.89. The predicted octanol–water partition coefficient (Wildman–Crippen LogP) is 2.09. The van der Waals surface area contributed by atoms with E-state index < -0.39 is 0 Å². The molecule has 2 aromatic rings. The molecule has 5 heteroatoms. The summed E-state index contributed by atoms with van der Waals surface area (Å²) in [6.07, 6.45) is 3.62. The smallest absolute Gasteiger partial charge is 0.293 e. The van der Waals surface area contributed by atoms with Crippen LogP contribution >= 0.6 is 0 Å². The van der Waals surface area contributed by atoms with Crippen LogP contribution in [0.5, 0.6) is 0 Å². The molecule has 2 aliphatic heterocycles. The Hall–Kier alpha value is -1.88. The third kappa shape index (κ3) is 2.17. The third-order valence-electron chi connectivity index (χ3n) is 5.73. The standard InChI is InChI=1S/C18H24N4O/c1-3-22-15-8-5-4-7-14(15)19-16(17(22)23)21-12-10-18(13-21)9-6-11-20(18)2/h4-5,7-8H,3,6,9-13H2,1-2H3/t18-/m0/s1. The van der Waals surface area contributed by atoms with Gasteiger partial charge >= 0.3 is 0 Å². The number of hydrogen-bond donors (Lipinski definition) is 0. The first-order valence-corrected chi connectivity index (χ1v) is 8.60. The maximum absolute atomic E-state index is 12.9. The highest BCUT2D eigenvalue weighted by molar-refractivity contribution is 5.76. The molecule has 2 fully saturated rings. The van der Waals surface area contributed by atoms with Crippen molar-refractivity contribution in [2.24, 2.45) is 0 Å². The minimum atomic E-state index is 0.0453. The van der Waals surface area contributed by atoms with Crippen LogP contribution in [0.2, 0.25) is 0 Å². The molecule has 1 aromatic carbocycles. The Labute approximate surface area is 136 Å². The van der Waals surface area contributed by atoms with E-state index in [0.717, 1.165) is 37.1 Å². The number of aromatic nitrogens is 2. The Morgan fingerprint density at radius 1 is 1.22 bits per heavy atom. The van der Waals surface area contributed by atoms with E-state index in [0.29, 0.717) is 12.4 Å². The van der Waals surface area contributed by atoms with Gasteiger partial charge < -0.3 is 9.47 Å². The van der Waals surface area contributed by atoms with E-state index in [1.807, 2.05) is 35.8 Å². The Kier molecular flexibility index (Phi) is 3.41. The number of rotatable bonds is 2. The van der Waals surface area contributed by atoms with E-state index in [1.54, 1.807) is 0 Å². The largest absolute Gasteiger partial charge is 0.350 e. The molecule has 1 spiro atoms. The highest BCUT2D eigenvalue weighted by Crippen LogP contribution is 2.37. The van der Waals surface area contributed by atoms with Crippen molar-refractivity contribution in [1.82, 2.24) is 14.5 Å². The zero-order chi connectivity index (χ0) is 16.0. The van der Waals surface area contributed by atoms with Gasteiger partial charge in [0.25, 0.3) is 5.56 Å². The van der Waals surface area contributed by atoms with E-state index >= 15 is 0 Å². The van der Waals surface area contributed by atoms with Crippen LogP contribution in [0.1, 0.15) is 26.2 Å². The molecule has 4 rings (SSSR count). The van der Waals surface area contributed by atoms with Gasteiger partial charge in [-0.25, -0.2) is 4.98 Å². The molecule has 0 amide bonds. The first-order valence-electron chi connectivity index (χ1n) is 8.60. The number of benzene rings is 1. The van der Waals surface area contributed by atoms with Crippen molar-refractivity contribution in [1.29, 1.82) is 0 Å². The summed E-state index contributed by atoms with van der Waals surface area (Å²) >= 11 is 0. The lowest BCUT2D eigenvalue weighted by molar-refractivity contribution is 0.198. The molecule has 0 saturated carbocycles. The molecule has 23 heavy (non-hydrogen) atoms. The van der Waals surface area contributed by atoms with Gasteiger partial charge in [-0.1, -0.05) is 12.1 Å². The summed E-state index contributed by atoms with van der Waals surface area (Å²) in [7, 11) is 2.22. The summed E-state index contributed by atoms with van der Waals surface area (Å²) in [6.45, 7) is 5.71. The highest BCUT2D eigenvalue weighted by Gasteiger charge is 2.45. The van der Waals surface area contributed by atoms with Crippen LogP contribution in [-0.4, -0.2) is 46.7 Å². The maximum Gasteiger partial charge on any atom is 0.293 e. The van der Waals surface area contributed by atoms with Crippen molar-refractivity contribution >= 4 is 16.9 Å². The second kappa shape index (κ2) is 5.34. The Morgan fingerprint density at radius 3 is 2.78 bits per heavy atom. The highest BCUT2D eigenvalue weighted by atomic mass is 16.1. The Balaban J connectivity index is 1.78. The minimum Gasteiger partial charge on any atom is -0.350 e. The number of anilines is 1. The van der Waals surface area contributed by atoms with Gasteiger partial charge in [0.2, 0.25) is 0 Å². The minimum absolute atomic E-state index is 0.0453. The number of para-hydroxylation sites is 2. The van der Waals surface area contributed by atoms with Gasteiger partial charge in [0.05, 0.1) is 11.0 Å². The SMILES string of the molecule is CCn1c(=O)c(N2CC[C@@]3(CCCN3C)C2)nc2ccccc21. The van der Waals surface area contributed by atoms with Crippen LogP contribution in [0, 0.1) is 0 Å². The molecule has 0 radical (unpaired) electrons. The number of aryl methyl sites for hydroxylation is 1. The monoisotopic (exact) mass is 312 g/mol. The third-order valence-corrected chi connectivity index (χ3v) is 5.73. The van der Waals surface area contributed by atoms with Crippen molar-refractivity contribution in [2.45, 2.75) is 38.3 Å². The molecule has 0 aliphatic carbocycles. The Morgan fingerprint density at radius 2 is 2.04 bits per heavy atom. The average molecular weight is 312 g/mol. The molecule has 3 heterocycles. The second-order valence-electron chi connectivity index (χ2n) is 6.89. The lowest BCUT2D eigenvalue weighted by Gasteiger charge is -2.32. The first-order chi connectivity index (χ1) is 11.1. The lowest BCUT2D eigenvalue weighted by atomic mass is 9.96. The summed E-state index contributed by atoms with van der Waals surface area (Å²) in [4.78, 5) is 22.3. The molecule has 0 N–H and O–H groups in total. The molecule has 1 aromatic heterocycles. The fraction of sp³-hybridized carbons (Fsp3) is 0.556. The van der Waals surface area contributed by atoms with Crippen LogP contribution in [-0.2, 0) is 6.54 Å². The number of likely N-dealkylation sites (tertiary alicyclic amines) is 1. The zero-order valence-electron chi connectivity index (χ0n) is 14.0. The van der Waals surface area contributed by atoms with E-state index in [4.69, 9.17) is 4.98 Å². The van der Waals surface area contributed by atoms with Crippen molar-refractivity contribution in [3.8, 4) is 0 Å². The Bertz CT molecular complexity index is 799. The summed E-state index contributed by atoms with van der Waals surface area (Å²) in [5, 5.41) is 0. The number of nitrogens with zero attached hydrogens (tertiary/aromatic N) is 4. The first kappa shape index (κ1) is 14.7. The van der Waals surface area contributed by atoms with Crippen molar-refractivity contribution in [3.05, 3.63) is 34.6 Å². The predicted molar refractivity (Wildman–Crippen MR) is 93.1 cm³/mol. The van der Waals surface area contributed by atoms with Gasteiger partial charge in [-0.05, 0) is 51.9 Å². The van der Waals surface area contributed by atoms with Crippen LogP contribution in [0.3, 0.4) is 0 Å². The average Bonchev–Trinajstić information content (AvgIpc) is 3.15. The van der Waals surface area contributed by atoms with E-state index in [-0.39, 0.29) is 11.1 Å². The van der Waals surface area contributed by atoms with Crippen molar-refractivity contribution in [3.63, 3.8) is 0 Å². The summed E-state index contributed by atoms with van der Waals surface area (Å²) in [5.74, 6) is 0.628. The molecule has 0 bridgehead atoms. The van der Waals surface area contributed by atoms with Gasteiger partial charge in [-0.3, -0.25) is 9.69 Å². The van der Waals surface area contributed by atoms with Gasteiger partial charge in [0.1, 0.15) is 0 Å². The van der Waals surface area contributed by atoms with Crippen LogP contribution in [0.15, 0.2) is 29.1 Å². The normalized spacial score (nSPS) is 25.0. The molecular formula is C18H24N4O. The zero-order valence-corrected chi connectivity index (χ0v) is 14.0. The maximum atomic E-state index is 12.9. The molecule has 2 saturated heterocycles.